The van der Waals surface area contributed by atoms with Crippen molar-refractivity contribution in [3.63, 3.8) is 0 Å². The molecule has 0 radical (unpaired) electrons. The number of rotatable bonds is 2. The predicted molar refractivity (Wildman–Crippen MR) is 82.1 cm³/mol. The zero-order chi connectivity index (χ0) is 15.2. The van der Waals surface area contributed by atoms with Crippen LogP contribution in [0.2, 0.25) is 0 Å². The Morgan fingerprint density at radius 3 is 2.81 bits per heavy atom. The number of amides is 1. The average molecular weight is 280 g/mol. The van der Waals surface area contributed by atoms with Crippen LogP contribution < -0.4 is 5.32 Å². The zero-order valence-electron chi connectivity index (χ0n) is 12.0. The summed E-state index contributed by atoms with van der Waals surface area (Å²) in [4.78, 5) is 16.5. The van der Waals surface area contributed by atoms with Crippen LogP contribution in [0.4, 0.5) is 5.82 Å². The summed E-state index contributed by atoms with van der Waals surface area (Å²) in [5, 5.41) is 11.4. The largest absolute Gasteiger partial charge is 0.384 e. The minimum Gasteiger partial charge on any atom is -0.384 e. The minimum atomic E-state index is -0.221. The van der Waals surface area contributed by atoms with Crippen LogP contribution in [-0.2, 0) is 0 Å². The Labute approximate surface area is 123 Å². The second-order valence-electron chi connectivity index (χ2n) is 4.64. The molecule has 1 aromatic carbocycles. The maximum absolute atomic E-state index is 12.2. The second kappa shape index (κ2) is 6.69. The van der Waals surface area contributed by atoms with Crippen LogP contribution in [0.3, 0.4) is 0 Å². The highest BCUT2D eigenvalue weighted by atomic mass is 16.2. The van der Waals surface area contributed by atoms with Crippen LogP contribution in [0, 0.1) is 25.7 Å². The first-order valence-corrected chi connectivity index (χ1v) is 6.55. The lowest BCUT2D eigenvalue weighted by molar-refractivity contribution is 0.102. The van der Waals surface area contributed by atoms with E-state index < -0.39 is 0 Å². The van der Waals surface area contributed by atoms with Gasteiger partial charge >= 0.3 is 0 Å². The number of benzene rings is 1. The van der Waals surface area contributed by atoms with E-state index in [1.165, 1.54) is 0 Å². The van der Waals surface area contributed by atoms with Gasteiger partial charge in [-0.15, -0.1) is 0 Å². The molecule has 0 saturated carbocycles. The lowest BCUT2D eigenvalue weighted by Crippen LogP contribution is -2.14. The molecular formula is C17H16N2O2. The van der Waals surface area contributed by atoms with Gasteiger partial charge in [-0.3, -0.25) is 4.79 Å². The number of aryl methyl sites for hydroxylation is 2. The number of hydrogen-bond donors (Lipinski definition) is 2. The molecule has 21 heavy (non-hydrogen) atoms. The number of anilines is 1. The van der Waals surface area contributed by atoms with Crippen molar-refractivity contribution in [3.8, 4) is 11.8 Å². The third-order valence-corrected chi connectivity index (χ3v) is 2.91. The van der Waals surface area contributed by atoms with Crippen LogP contribution >= 0.6 is 0 Å². The molecule has 4 heteroatoms. The van der Waals surface area contributed by atoms with E-state index in [0.717, 1.165) is 11.1 Å². The van der Waals surface area contributed by atoms with Gasteiger partial charge in [-0.1, -0.05) is 29.7 Å². The van der Waals surface area contributed by atoms with E-state index in [4.69, 9.17) is 5.11 Å². The summed E-state index contributed by atoms with van der Waals surface area (Å²) < 4.78 is 0. The van der Waals surface area contributed by atoms with Gasteiger partial charge in [0.25, 0.3) is 5.91 Å². The summed E-state index contributed by atoms with van der Waals surface area (Å²) in [5.74, 6) is 5.46. The molecule has 2 N–H and O–H groups in total. The van der Waals surface area contributed by atoms with E-state index >= 15 is 0 Å². The first-order chi connectivity index (χ1) is 10.1. The number of nitrogens with zero attached hydrogens (tertiary/aromatic N) is 1. The summed E-state index contributed by atoms with van der Waals surface area (Å²) >= 11 is 0. The third kappa shape index (κ3) is 3.91. The van der Waals surface area contributed by atoms with Gasteiger partial charge in [0.2, 0.25) is 0 Å². The number of aromatic nitrogens is 1. The fourth-order valence-corrected chi connectivity index (χ4v) is 1.96. The van der Waals surface area contributed by atoms with Crippen molar-refractivity contribution in [2.75, 3.05) is 11.9 Å². The highest BCUT2D eigenvalue weighted by molar-refractivity contribution is 6.04. The molecule has 106 valence electrons. The Morgan fingerprint density at radius 2 is 2.10 bits per heavy atom. The molecule has 0 spiro atoms. The summed E-state index contributed by atoms with van der Waals surface area (Å²) in [6, 6.07) is 10.8. The van der Waals surface area contributed by atoms with Gasteiger partial charge in [-0.2, -0.15) is 0 Å². The standard InChI is InChI=1S/C17H16N2O2/c1-12-8-9-15(13(2)11-12)17(21)19-16-7-3-5-14(18-16)6-4-10-20/h3,5,7-9,11,20H,10H2,1-2H3,(H,18,19,21). The Balaban J connectivity index is 2.19. The predicted octanol–water partition coefficient (Wildman–Crippen LogP) is 2.29. The number of nitrogens with one attached hydrogen (secondary N) is 1. The van der Waals surface area contributed by atoms with Crippen molar-refractivity contribution in [2.45, 2.75) is 13.8 Å². The number of pyridine rings is 1. The fraction of sp³-hybridized carbons (Fsp3) is 0.176. The summed E-state index contributed by atoms with van der Waals surface area (Å²) in [5.41, 5.74) is 3.16. The molecule has 0 unspecified atom stereocenters. The first kappa shape index (κ1) is 14.8. The molecule has 1 aromatic heterocycles. The number of hydrogen-bond acceptors (Lipinski definition) is 3. The van der Waals surface area contributed by atoms with Crippen molar-refractivity contribution in [1.82, 2.24) is 4.98 Å². The van der Waals surface area contributed by atoms with Crippen molar-refractivity contribution >= 4 is 11.7 Å². The summed E-state index contributed by atoms with van der Waals surface area (Å²) in [6.45, 7) is 3.67. The van der Waals surface area contributed by atoms with Crippen molar-refractivity contribution in [1.29, 1.82) is 0 Å². The highest BCUT2D eigenvalue weighted by Gasteiger charge is 2.09. The van der Waals surface area contributed by atoms with Crippen molar-refractivity contribution in [2.24, 2.45) is 0 Å². The quantitative estimate of drug-likeness (QED) is 0.830. The van der Waals surface area contributed by atoms with Crippen LogP contribution in [0.15, 0.2) is 36.4 Å². The molecule has 4 nitrogen and oxygen atoms in total. The maximum Gasteiger partial charge on any atom is 0.257 e. The molecule has 0 saturated heterocycles. The second-order valence-corrected chi connectivity index (χ2v) is 4.64. The van der Waals surface area contributed by atoms with E-state index in [1.54, 1.807) is 24.3 Å². The molecule has 0 fully saturated rings. The number of carbonyl (C=O) groups excluding carboxylic acids is 1. The van der Waals surface area contributed by atoms with Crippen LogP contribution in [0.25, 0.3) is 0 Å². The van der Waals surface area contributed by atoms with Gasteiger partial charge in [-0.25, -0.2) is 4.98 Å². The average Bonchev–Trinajstić information content (AvgIpc) is 2.45. The van der Waals surface area contributed by atoms with E-state index in [0.29, 0.717) is 17.1 Å². The van der Waals surface area contributed by atoms with Gasteiger partial charge in [-0.05, 0) is 43.5 Å². The molecule has 1 amide bonds. The topological polar surface area (TPSA) is 62.2 Å². The molecule has 0 aliphatic rings. The lowest BCUT2D eigenvalue weighted by atomic mass is 10.1. The van der Waals surface area contributed by atoms with Crippen LogP contribution in [-0.4, -0.2) is 22.6 Å². The molecule has 2 rings (SSSR count). The Kier molecular flexibility index (Phi) is 4.70. The van der Waals surface area contributed by atoms with E-state index in [1.807, 2.05) is 26.0 Å². The molecule has 2 aromatic rings. The molecular weight excluding hydrogens is 264 g/mol. The summed E-state index contributed by atoms with van der Waals surface area (Å²) in [6.07, 6.45) is 0. The van der Waals surface area contributed by atoms with Crippen LogP contribution in [0.1, 0.15) is 27.2 Å². The van der Waals surface area contributed by atoms with Gasteiger partial charge < -0.3 is 10.4 Å². The Bertz CT molecular complexity index is 727. The maximum atomic E-state index is 12.2. The van der Waals surface area contributed by atoms with E-state index in [2.05, 4.69) is 22.1 Å². The van der Waals surface area contributed by atoms with Crippen molar-refractivity contribution < 1.29 is 9.90 Å². The zero-order valence-corrected chi connectivity index (χ0v) is 12.0. The van der Waals surface area contributed by atoms with Gasteiger partial charge in [0.1, 0.15) is 18.1 Å². The molecule has 0 atom stereocenters. The normalized spacial score (nSPS) is 9.67. The molecule has 1 heterocycles. The Hall–Kier alpha value is -2.64. The monoisotopic (exact) mass is 280 g/mol. The lowest BCUT2D eigenvalue weighted by Gasteiger charge is -2.08. The molecule has 0 aliphatic heterocycles. The number of carbonyl (C=O) groups is 1. The van der Waals surface area contributed by atoms with Gasteiger partial charge in [0, 0.05) is 5.56 Å². The number of aliphatic hydroxyl groups is 1. The van der Waals surface area contributed by atoms with Crippen LogP contribution in [0.5, 0.6) is 0 Å². The minimum absolute atomic E-state index is 0.202. The molecule has 0 bridgehead atoms. The van der Waals surface area contributed by atoms with E-state index in [9.17, 15) is 4.79 Å². The fourth-order valence-electron chi connectivity index (χ4n) is 1.96. The first-order valence-electron chi connectivity index (χ1n) is 6.55. The Morgan fingerprint density at radius 1 is 1.29 bits per heavy atom. The van der Waals surface area contributed by atoms with E-state index in [-0.39, 0.29) is 12.5 Å². The number of aliphatic hydroxyl groups excluding tert-OH is 1. The molecule has 0 aliphatic carbocycles. The summed E-state index contributed by atoms with van der Waals surface area (Å²) in [7, 11) is 0. The van der Waals surface area contributed by atoms with Crippen molar-refractivity contribution in [3.05, 3.63) is 58.8 Å². The third-order valence-electron chi connectivity index (χ3n) is 2.91. The van der Waals surface area contributed by atoms with Gasteiger partial charge in [0.15, 0.2) is 0 Å². The van der Waals surface area contributed by atoms with Gasteiger partial charge in [0.05, 0.1) is 0 Å². The SMILES string of the molecule is Cc1ccc(C(=O)Nc2cccc(C#CCO)n2)c(C)c1. The smallest absolute Gasteiger partial charge is 0.257 e. The highest BCUT2D eigenvalue weighted by Crippen LogP contribution is 2.13.